The SMILES string of the molecule is NCc1nnc(Nc2ccc3c(c2)OCO3)s1. The molecule has 0 unspecified atom stereocenters. The molecule has 1 aliphatic heterocycles. The maximum Gasteiger partial charge on any atom is 0.231 e. The Labute approximate surface area is 101 Å². The number of hydrogen-bond acceptors (Lipinski definition) is 7. The third kappa shape index (κ3) is 2.02. The van der Waals surface area contributed by atoms with Crippen LogP contribution in [-0.4, -0.2) is 17.0 Å². The van der Waals surface area contributed by atoms with Gasteiger partial charge in [-0.15, -0.1) is 10.2 Å². The van der Waals surface area contributed by atoms with E-state index in [4.69, 9.17) is 15.2 Å². The molecule has 0 saturated carbocycles. The molecule has 0 amide bonds. The fourth-order valence-corrected chi connectivity index (χ4v) is 2.12. The van der Waals surface area contributed by atoms with Crippen molar-refractivity contribution in [1.29, 1.82) is 0 Å². The van der Waals surface area contributed by atoms with Crippen LogP contribution in [0.25, 0.3) is 0 Å². The second-order valence-corrected chi connectivity index (χ2v) is 4.46. The molecule has 1 aromatic carbocycles. The lowest BCUT2D eigenvalue weighted by molar-refractivity contribution is 0.174. The fourth-order valence-electron chi connectivity index (χ4n) is 1.48. The molecule has 0 spiro atoms. The zero-order chi connectivity index (χ0) is 11.7. The average Bonchev–Trinajstić information content (AvgIpc) is 2.96. The second kappa shape index (κ2) is 4.19. The van der Waals surface area contributed by atoms with E-state index in [1.807, 2.05) is 18.2 Å². The van der Waals surface area contributed by atoms with Gasteiger partial charge >= 0.3 is 0 Å². The maximum absolute atomic E-state index is 5.47. The number of aromatic nitrogens is 2. The van der Waals surface area contributed by atoms with Gasteiger partial charge in [-0.3, -0.25) is 0 Å². The number of nitrogens with two attached hydrogens (primary N) is 1. The van der Waals surface area contributed by atoms with Crippen LogP contribution in [0.3, 0.4) is 0 Å². The van der Waals surface area contributed by atoms with Crippen LogP contribution >= 0.6 is 11.3 Å². The average molecular weight is 250 g/mol. The van der Waals surface area contributed by atoms with E-state index in [0.717, 1.165) is 22.2 Å². The first-order valence-corrected chi connectivity index (χ1v) is 5.86. The maximum atomic E-state index is 5.47. The molecule has 0 radical (unpaired) electrons. The molecular weight excluding hydrogens is 240 g/mol. The Kier molecular flexibility index (Phi) is 2.54. The van der Waals surface area contributed by atoms with Crippen molar-refractivity contribution in [2.75, 3.05) is 12.1 Å². The summed E-state index contributed by atoms with van der Waals surface area (Å²) in [5, 5.41) is 12.6. The van der Waals surface area contributed by atoms with Crippen LogP contribution in [-0.2, 0) is 6.54 Å². The van der Waals surface area contributed by atoms with E-state index in [2.05, 4.69) is 15.5 Å². The number of ether oxygens (including phenoxy) is 2. The Hall–Kier alpha value is -1.86. The van der Waals surface area contributed by atoms with Crippen LogP contribution in [0.5, 0.6) is 11.5 Å². The second-order valence-electron chi connectivity index (χ2n) is 3.40. The first kappa shape index (κ1) is 10.3. The highest BCUT2D eigenvalue weighted by Crippen LogP contribution is 2.35. The van der Waals surface area contributed by atoms with E-state index >= 15 is 0 Å². The third-order valence-electron chi connectivity index (χ3n) is 2.27. The standard InChI is InChI=1S/C10H10N4O2S/c11-4-9-13-14-10(17-9)12-6-1-2-7-8(3-6)16-5-15-7/h1-3H,4-5,11H2,(H,12,14). The fraction of sp³-hybridized carbons (Fsp3) is 0.200. The lowest BCUT2D eigenvalue weighted by Gasteiger charge is -2.02. The minimum absolute atomic E-state index is 0.273. The predicted octanol–water partition coefficient (Wildman–Crippen LogP) is 1.47. The van der Waals surface area contributed by atoms with Gasteiger partial charge in [0.15, 0.2) is 11.5 Å². The summed E-state index contributed by atoms with van der Waals surface area (Å²) in [7, 11) is 0. The monoisotopic (exact) mass is 250 g/mol. The summed E-state index contributed by atoms with van der Waals surface area (Å²) in [6.45, 7) is 0.676. The predicted molar refractivity (Wildman–Crippen MR) is 63.6 cm³/mol. The molecule has 2 heterocycles. The van der Waals surface area contributed by atoms with Crippen molar-refractivity contribution in [3.63, 3.8) is 0 Å². The summed E-state index contributed by atoms with van der Waals surface area (Å²) >= 11 is 1.43. The van der Waals surface area contributed by atoms with Crippen molar-refractivity contribution < 1.29 is 9.47 Å². The largest absolute Gasteiger partial charge is 0.454 e. The van der Waals surface area contributed by atoms with Gasteiger partial charge in [0.2, 0.25) is 11.9 Å². The van der Waals surface area contributed by atoms with Crippen molar-refractivity contribution in [1.82, 2.24) is 10.2 Å². The van der Waals surface area contributed by atoms with Crippen LogP contribution in [0.15, 0.2) is 18.2 Å². The molecule has 17 heavy (non-hydrogen) atoms. The molecule has 0 aliphatic carbocycles. The van der Waals surface area contributed by atoms with Crippen LogP contribution in [0.2, 0.25) is 0 Å². The van der Waals surface area contributed by atoms with Gasteiger partial charge in [-0.2, -0.15) is 0 Å². The summed E-state index contributed by atoms with van der Waals surface area (Å²) in [5.41, 5.74) is 6.36. The van der Waals surface area contributed by atoms with Crippen molar-refractivity contribution in [2.45, 2.75) is 6.54 Å². The van der Waals surface area contributed by atoms with Gasteiger partial charge in [0.05, 0.1) is 0 Å². The summed E-state index contributed by atoms with van der Waals surface area (Å²) < 4.78 is 10.5. The number of anilines is 2. The van der Waals surface area contributed by atoms with Gasteiger partial charge in [0.1, 0.15) is 5.01 Å². The van der Waals surface area contributed by atoms with E-state index < -0.39 is 0 Å². The summed E-state index contributed by atoms with van der Waals surface area (Å²) in [5.74, 6) is 1.49. The van der Waals surface area contributed by atoms with Gasteiger partial charge in [-0.25, -0.2) is 0 Å². The molecule has 1 aromatic heterocycles. The topological polar surface area (TPSA) is 82.3 Å². The first-order chi connectivity index (χ1) is 8.35. The van der Waals surface area contributed by atoms with Crippen molar-refractivity contribution in [3.05, 3.63) is 23.2 Å². The number of rotatable bonds is 3. The molecule has 0 bridgehead atoms. The van der Waals surface area contributed by atoms with E-state index in [0.29, 0.717) is 11.7 Å². The third-order valence-corrected chi connectivity index (χ3v) is 3.13. The summed E-state index contributed by atoms with van der Waals surface area (Å²) in [6, 6.07) is 5.62. The molecular formula is C10H10N4O2S. The zero-order valence-corrected chi connectivity index (χ0v) is 9.66. The van der Waals surface area contributed by atoms with Crippen LogP contribution in [0.4, 0.5) is 10.8 Å². The van der Waals surface area contributed by atoms with Crippen molar-refractivity contribution in [3.8, 4) is 11.5 Å². The van der Waals surface area contributed by atoms with E-state index in [1.165, 1.54) is 11.3 Å². The highest BCUT2D eigenvalue weighted by molar-refractivity contribution is 7.15. The number of fused-ring (bicyclic) bond motifs is 1. The summed E-state index contributed by atoms with van der Waals surface area (Å²) in [4.78, 5) is 0. The lowest BCUT2D eigenvalue weighted by Crippen LogP contribution is -1.94. The minimum atomic E-state index is 0.273. The molecule has 6 nitrogen and oxygen atoms in total. The number of nitrogens with one attached hydrogen (secondary N) is 1. The van der Waals surface area contributed by atoms with E-state index in [9.17, 15) is 0 Å². The Morgan fingerprint density at radius 3 is 3.00 bits per heavy atom. The molecule has 0 saturated heterocycles. The van der Waals surface area contributed by atoms with Crippen LogP contribution in [0, 0.1) is 0 Å². The normalized spacial score (nSPS) is 12.8. The number of benzene rings is 1. The molecule has 1 aliphatic rings. The molecule has 88 valence electrons. The smallest absolute Gasteiger partial charge is 0.231 e. The van der Waals surface area contributed by atoms with Gasteiger partial charge in [-0.1, -0.05) is 11.3 Å². The zero-order valence-electron chi connectivity index (χ0n) is 8.84. The van der Waals surface area contributed by atoms with Crippen LogP contribution < -0.4 is 20.5 Å². The highest BCUT2D eigenvalue weighted by Gasteiger charge is 2.13. The van der Waals surface area contributed by atoms with Crippen LogP contribution in [0.1, 0.15) is 5.01 Å². The van der Waals surface area contributed by atoms with Crippen molar-refractivity contribution >= 4 is 22.2 Å². The molecule has 0 fully saturated rings. The Balaban J connectivity index is 1.80. The van der Waals surface area contributed by atoms with E-state index in [1.54, 1.807) is 0 Å². The number of hydrogen-bond donors (Lipinski definition) is 2. The summed E-state index contributed by atoms with van der Waals surface area (Å²) in [6.07, 6.45) is 0. The van der Waals surface area contributed by atoms with Gasteiger partial charge in [-0.05, 0) is 12.1 Å². The highest BCUT2D eigenvalue weighted by atomic mass is 32.1. The van der Waals surface area contributed by atoms with Gasteiger partial charge in [0.25, 0.3) is 0 Å². The molecule has 3 N–H and O–H groups in total. The molecule has 7 heteroatoms. The first-order valence-electron chi connectivity index (χ1n) is 5.04. The Morgan fingerprint density at radius 1 is 1.29 bits per heavy atom. The Bertz CT molecular complexity index is 543. The molecule has 3 rings (SSSR count). The van der Waals surface area contributed by atoms with E-state index in [-0.39, 0.29) is 6.79 Å². The molecule has 2 aromatic rings. The lowest BCUT2D eigenvalue weighted by atomic mass is 10.3. The quantitative estimate of drug-likeness (QED) is 0.858. The Morgan fingerprint density at radius 2 is 2.18 bits per heavy atom. The minimum Gasteiger partial charge on any atom is -0.454 e. The van der Waals surface area contributed by atoms with Gasteiger partial charge in [0, 0.05) is 18.3 Å². The van der Waals surface area contributed by atoms with Gasteiger partial charge < -0.3 is 20.5 Å². The number of nitrogens with zero attached hydrogens (tertiary/aromatic N) is 2. The van der Waals surface area contributed by atoms with Crippen molar-refractivity contribution in [2.24, 2.45) is 5.73 Å². The molecule has 0 atom stereocenters.